The Hall–Kier alpha value is -3.02. The molecule has 1 fully saturated rings. The number of fused-ring (bicyclic) bond motifs is 1. The molecule has 0 N–H and O–H groups in total. The van der Waals surface area contributed by atoms with E-state index in [0.717, 1.165) is 29.7 Å². The molecule has 4 rings (SSSR count). The number of likely N-dealkylation sites (N-methyl/N-ethyl adjacent to an activating group) is 1. The Morgan fingerprint density at radius 2 is 1.76 bits per heavy atom. The maximum absolute atomic E-state index is 12.6. The van der Waals surface area contributed by atoms with Crippen molar-refractivity contribution >= 4 is 11.9 Å². The number of amides is 1. The molecule has 0 spiro atoms. The van der Waals surface area contributed by atoms with Crippen LogP contribution < -0.4 is 9.47 Å². The first kappa shape index (κ1) is 19.3. The highest BCUT2D eigenvalue weighted by molar-refractivity contribution is 5.89. The summed E-state index contributed by atoms with van der Waals surface area (Å²) >= 11 is 0. The fraction of sp³-hybridized carbons (Fsp3) is 0.391. The Bertz CT molecular complexity index is 891. The summed E-state index contributed by atoms with van der Waals surface area (Å²) in [5.41, 5.74) is 1.33. The molecule has 0 radical (unpaired) electrons. The molecule has 0 saturated heterocycles. The summed E-state index contributed by atoms with van der Waals surface area (Å²) in [5, 5.41) is 0. The summed E-state index contributed by atoms with van der Waals surface area (Å²) in [6, 6.07) is 15.3. The summed E-state index contributed by atoms with van der Waals surface area (Å²) in [6.07, 6.45) is 1.53. The molecule has 6 heteroatoms. The average Bonchev–Trinajstić information content (AvgIpc) is 3.58. The van der Waals surface area contributed by atoms with E-state index in [1.807, 2.05) is 55.5 Å². The maximum Gasteiger partial charge on any atom is 0.317 e. The molecule has 1 aliphatic heterocycles. The fourth-order valence-electron chi connectivity index (χ4n) is 3.63. The number of esters is 1. The second-order valence-corrected chi connectivity index (χ2v) is 7.41. The van der Waals surface area contributed by atoms with Crippen LogP contribution in [0.2, 0.25) is 0 Å². The van der Waals surface area contributed by atoms with Crippen molar-refractivity contribution in [3.63, 3.8) is 0 Å². The van der Waals surface area contributed by atoms with Crippen LogP contribution in [0.3, 0.4) is 0 Å². The summed E-state index contributed by atoms with van der Waals surface area (Å²) < 4.78 is 16.6. The fourth-order valence-corrected chi connectivity index (χ4v) is 3.63. The number of carbonyl (C=O) groups is 2. The lowest BCUT2D eigenvalue weighted by Gasteiger charge is -2.23. The van der Waals surface area contributed by atoms with Gasteiger partial charge in [-0.1, -0.05) is 36.4 Å². The Balaban J connectivity index is 1.35. The second kappa shape index (κ2) is 8.15. The molecular formula is C23H25NO5. The molecule has 1 heterocycles. The number of carbonyl (C=O) groups excluding carboxylic acids is 2. The maximum atomic E-state index is 12.6. The van der Waals surface area contributed by atoms with Crippen LogP contribution in [0.25, 0.3) is 0 Å². The number of benzene rings is 2. The van der Waals surface area contributed by atoms with Crippen LogP contribution in [0, 0.1) is 0 Å². The number of hydrogen-bond donors (Lipinski definition) is 0. The molecule has 29 heavy (non-hydrogen) atoms. The van der Waals surface area contributed by atoms with Gasteiger partial charge in [-0.05, 0) is 43.0 Å². The standard InChI is InChI=1S/C23H25NO5/c1-2-24(15-17-8-9-19-20(14-17)28-13-12-27-19)21(25)16-29-22(26)23(10-11-23)18-6-4-3-5-7-18/h3-9,14H,2,10-13,15-16H2,1H3. The summed E-state index contributed by atoms with van der Waals surface area (Å²) in [5.74, 6) is 0.896. The van der Waals surface area contributed by atoms with Crippen LogP contribution in [0.1, 0.15) is 30.9 Å². The van der Waals surface area contributed by atoms with Crippen molar-refractivity contribution in [2.75, 3.05) is 26.4 Å². The van der Waals surface area contributed by atoms with E-state index in [0.29, 0.717) is 32.1 Å². The first-order chi connectivity index (χ1) is 14.1. The van der Waals surface area contributed by atoms with Crippen molar-refractivity contribution < 1.29 is 23.8 Å². The minimum atomic E-state index is -0.575. The predicted molar refractivity (Wildman–Crippen MR) is 107 cm³/mol. The monoisotopic (exact) mass is 395 g/mol. The Kier molecular flexibility index (Phi) is 5.43. The van der Waals surface area contributed by atoms with Crippen LogP contribution in [-0.4, -0.2) is 43.1 Å². The quantitative estimate of drug-likeness (QED) is 0.674. The van der Waals surface area contributed by atoms with Crippen molar-refractivity contribution in [1.29, 1.82) is 0 Å². The molecule has 0 aromatic heterocycles. The lowest BCUT2D eigenvalue weighted by molar-refractivity contribution is -0.154. The average molecular weight is 395 g/mol. The highest BCUT2D eigenvalue weighted by atomic mass is 16.6. The lowest BCUT2D eigenvalue weighted by atomic mass is 9.96. The van der Waals surface area contributed by atoms with Gasteiger partial charge in [0.1, 0.15) is 13.2 Å². The highest BCUT2D eigenvalue weighted by Gasteiger charge is 2.52. The smallest absolute Gasteiger partial charge is 0.317 e. The van der Waals surface area contributed by atoms with Gasteiger partial charge >= 0.3 is 5.97 Å². The van der Waals surface area contributed by atoms with E-state index >= 15 is 0 Å². The van der Waals surface area contributed by atoms with Gasteiger partial charge in [-0.25, -0.2) is 0 Å². The van der Waals surface area contributed by atoms with E-state index in [-0.39, 0.29) is 18.5 Å². The van der Waals surface area contributed by atoms with Crippen molar-refractivity contribution in [2.24, 2.45) is 0 Å². The van der Waals surface area contributed by atoms with Crippen molar-refractivity contribution in [1.82, 2.24) is 4.90 Å². The molecule has 0 atom stereocenters. The van der Waals surface area contributed by atoms with Gasteiger partial charge in [-0.2, -0.15) is 0 Å². The first-order valence-electron chi connectivity index (χ1n) is 10.0. The van der Waals surface area contributed by atoms with Gasteiger partial charge in [0, 0.05) is 13.1 Å². The van der Waals surface area contributed by atoms with Gasteiger partial charge in [0.25, 0.3) is 5.91 Å². The van der Waals surface area contributed by atoms with Gasteiger partial charge < -0.3 is 19.1 Å². The van der Waals surface area contributed by atoms with Crippen molar-refractivity contribution in [3.05, 3.63) is 59.7 Å². The SMILES string of the molecule is CCN(Cc1ccc2c(c1)OCCO2)C(=O)COC(=O)C1(c2ccccc2)CC1. The van der Waals surface area contributed by atoms with Crippen LogP contribution in [-0.2, 0) is 26.3 Å². The Morgan fingerprint density at radius 1 is 1.03 bits per heavy atom. The molecule has 1 amide bonds. The van der Waals surface area contributed by atoms with Crippen molar-refractivity contribution in [3.8, 4) is 11.5 Å². The molecule has 1 aliphatic carbocycles. The molecular weight excluding hydrogens is 370 g/mol. The minimum absolute atomic E-state index is 0.209. The molecule has 2 aromatic carbocycles. The third-order valence-corrected chi connectivity index (χ3v) is 5.51. The van der Waals surface area contributed by atoms with Crippen LogP contribution in [0.5, 0.6) is 11.5 Å². The number of nitrogens with zero attached hydrogens (tertiary/aromatic N) is 1. The first-order valence-corrected chi connectivity index (χ1v) is 10.0. The van der Waals surface area contributed by atoms with E-state index in [2.05, 4.69) is 0 Å². The van der Waals surface area contributed by atoms with Crippen molar-refractivity contribution in [2.45, 2.75) is 31.7 Å². The van der Waals surface area contributed by atoms with Crippen LogP contribution in [0.4, 0.5) is 0 Å². The lowest BCUT2D eigenvalue weighted by Crippen LogP contribution is -2.35. The third-order valence-electron chi connectivity index (χ3n) is 5.51. The van der Waals surface area contributed by atoms with E-state index in [9.17, 15) is 9.59 Å². The van der Waals surface area contributed by atoms with Gasteiger partial charge in [-0.15, -0.1) is 0 Å². The van der Waals surface area contributed by atoms with Crippen LogP contribution >= 0.6 is 0 Å². The molecule has 2 aliphatic rings. The minimum Gasteiger partial charge on any atom is -0.486 e. The second-order valence-electron chi connectivity index (χ2n) is 7.41. The molecule has 2 aromatic rings. The van der Waals surface area contributed by atoms with E-state index in [1.54, 1.807) is 4.90 Å². The Morgan fingerprint density at radius 3 is 2.45 bits per heavy atom. The molecule has 1 saturated carbocycles. The van der Waals surface area contributed by atoms with Gasteiger partial charge in [-0.3, -0.25) is 9.59 Å². The van der Waals surface area contributed by atoms with Gasteiger partial charge in [0.2, 0.25) is 0 Å². The number of rotatable bonds is 7. The molecule has 0 unspecified atom stereocenters. The molecule has 152 valence electrons. The summed E-state index contributed by atoms with van der Waals surface area (Å²) in [6.45, 7) is 3.67. The van der Waals surface area contributed by atoms with E-state index in [1.165, 1.54) is 0 Å². The zero-order valence-corrected chi connectivity index (χ0v) is 16.6. The largest absolute Gasteiger partial charge is 0.486 e. The van der Waals surface area contributed by atoms with Crippen LogP contribution in [0.15, 0.2) is 48.5 Å². The predicted octanol–water partition coefficient (Wildman–Crippen LogP) is 3.08. The Labute approximate surface area is 170 Å². The molecule has 0 bridgehead atoms. The number of ether oxygens (including phenoxy) is 3. The molecule has 6 nitrogen and oxygen atoms in total. The highest BCUT2D eigenvalue weighted by Crippen LogP contribution is 2.49. The normalized spacial score (nSPS) is 16.0. The topological polar surface area (TPSA) is 65.1 Å². The summed E-state index contributed by atoms with van der Waals surface area (Å²) in [4.78, 5) is 27.0. The van der Waals surface area contributed by atoms with Gasteiger partial charge in [0.15, 0.2) is 18.1 Å². The van der Waals surface area contributed by atoms with Gasteiger partial charge in [0.05, 0.1) is 5.41 Å². The third kappa shape index (κ3) is 4.06. The zero-order valence-electron chi connectivity index (χ0n) is 16.6. The van der Waals surface area contributed by atoms with E-state index in [4.69, 9.17) is 14.2 Å². The van der Waals surface area contributed by atoms with E-state index < -0.39 is 5.41 Å². The number of hydrogen-bond acceptors (Lipinski definition) is 5. The zero-order chi connectivity index (χ0) is 20.3. The summed E-state index contributed by atoms with van der Waals surface area (Å²) in [7, 11) is 0.